The van der Waals surface area contributed by atoms with Gasteiger partial charge in [0.05, 0.1) is 11.0 Å². The van der Waals surface area contributed by atoms with Gasteiger partial charge in [-0.2, -0.15) is 0 Å². The second-order valence-corrected chi connectivity index (χ2v) is 21.0. The zero-order valence-electron chi connectivity index (χ0n) is 45.0. The lowest BCUT2D eigenvalue weighted by molar-refractivity contribution is 1.17. The van der Waals surface area contributed by atoms with Gasteiger partial charge >= 0.3 is 0 Å². The first-order valence-electron chi connectivity index (χ1n) is 28.1. The van der Waals surface area contributed by atoms with Crippen LogP contribution in [0, 0.1) is 0 Å². The van der Waals surface area contributed by atoms with Gasteiger partial charge in [-0.15, -0.1) is 0 Å². The fourth-order valence-electron chi connectivity index (χ4n) is 12.0. The zero-order valence-corrected chi connectivity index (χ0v) is 45.0. The molecule has 82 heavy (non-hydrogen) atoms. The predicted octanol–water partition coefficient (Wildman–Crippen LogP) is 22.0. The number of benzene rings is 14. The van der Waals surface area contributed by atoms with Gasteiger partial charge in [-0.3, -0.25) is 0 Å². The first-order chi connectivity index (χ1) is 40.6. The number of hydrogen-bond donors (Lipinski definition) is 0. The SMILES string of the molecule is c1ccc(N(c2ccc(-c3ccc4c(c3)c3cc(-c5ccc(N(c6ccccc6)c6ccc7ccccc7c6)cc5)ccc3n4-c3ccc(N(c4ccccc4)c4ccc5ccccc5c4)cc3)cc2)c2ccc3ccccc3c2)cc1. The molecule has 0 fully saturated rings. The molecular formula is C78H54N4. The number of fused-ring (bicyclic) bond motifs is 6. The summed E-state index contributed by atoms with van der Waals surface area (Å²) in [7, 11) is 0. The third-order valence-electron chi connectivity index (χ3n) is 16.1. The van der Waals surface area contributed by atoms with Crippen molar-refractivity contribution < 1.29 is 0 Å². The molecule has 0 N–H and O–H groups in total. The molecule has 0 aliphatic heterocycles. The smallest absolute Gasteiger partial charge is 0.0541 e. The molecule has 0 aliphatic rings. The van der Waals surface area contributed by atoms with Gasteiger partial charge in [0.2, 0.25) is 0 Å². The Bertz CT molecular complexity index is 4560. The van der Waals surface area contributed by atoms with E-state index in [0.717, 1.165) is 90.2 Å². The van der Waals surface area contributed by atoms with Crippen LogP contribution in [0.25, 0.3) is 82.1 Å². The van der Waals surface area contributed by atoms with E-state index in [2.05, 4.69) is 347 Å². The highest BCUT2D eigenvalue weighted by Crippen LogP contribution is 2.43. The largest absolute Gasteiger partial charge is 0.310 e. The molecule has 0 unspecified atom stereocenters. The van der Waals surface area contributed by atoms with Crippen LogP contribution in [0.1, 0.15) is 0 Å². The summed E-state index contributed by atoms with van der Waals surface area (Å²) >= 11 is 0. The number of anilines is 9. The molecule has 4 heteroatoms. The van der Waals surface area contributed by atoms with Crippen LogP contribution in [-0.4, -0.2) is 4.57 Å². The van der Waals surface area contributed by atoms with Crippen molar-refractivity contribution in [3.63, 3.8) is 0 Å². The minimum Gasteiger partial charge on any atom is -0.310 e. The number of hydrogen-bond acceptors (Lipinski definition) is 3. The molecular weight excluding hydrogens is 993 g/mol. The molecule has 15 aromatic rings. The average Bonchev–Trinajstić information content (AvgIpc) is 4.12. The van der Waals surface area contributed by atoms with Gasteiger partial charge in [0.15, 0.2) is 0 Å². The van der Waals surface area contributed by atoms with Gasteiger partial charge in [-0.05, 0) is 200 Å². The van der Waals surface area contributed by atoms with Crippen LogP contribution in [0.15, 0.2) is 328 Å². The monoisotopic (exact) mass is 1050 g/mol. The van der Waals surface area contributed by atoms with Gasteiger partial charge in [0.1, 0.15) is 0 Å². The summed E-state index contributed by atoms with van der Waals surface area (Å²) in [6, 6.07) is 119. The minimum absolute atomic E-state index is 1.08. The molecule has 0 atom stereocenters. The number of aromatic nitrogens is 1. The Morgan fingerprint density at radius 3 is 0.793 bits per heavy atom. The maximum atomic E-state index is 2.43. The second kappa shape index (κ2) is 20.7. The molecule has 0 amide bonds. The van der Waals surface area contributed by atoms with Gasteiger partial charge in [0, 0.05) is 67.6 Å². The van der Waals surface area contributed by atoms with Crippen molar-refractivity contribution in [2.24, 2.45) is 0 Å². The number of nitrogens with zero attached hydrogens (tertiary/aromatic N) is 4. The van der Waals surface area contributed by atoms with E-state index in [9.17, 15) is 0 Å². The van der Waals surface area contributed by atoms with Crippen molar-refractivity contribution in [1.82, 2.24) is 4.57 Å². The Hall–Kier alpha value is -10.9. The summed E-state index contributed by atoms with van der Waals surface area (Å²) in [5.74, 6) is 0. The summed E-state index contributed by atoms with van der Waals surface area (Å²) in [5, 5.41) is 9.68. The van der Waals surface area contributed by atoms with E-state index in [1.165, 1.54) is 43.1 Å². The molecule has 1 aromatic heterocycles. The molecule has 4 nitrogen and oxygen atoms in total. The molecule has 0 saturated heterocycles. The summed E-state index contributed by atoms with van der Waals surface area (Å²) in [6.45, 7) is 0. The van der Waals surface area contributed by atoms with Crippen LogP contribution in [0.5, 0.6) is 0 Å². The highest BCUT2D eigenvalue weighted by molar-refractivity contribution is 6.12. The van der Waals surface area contributed by atoms with E-state index in [-0.39, 0.29) is 0 Å². The Kier molecular flexibility index (Phi) is 12.2. The predicted molar refractivity (Wildman–Crippen MR) is 348 cm³/mol. The third kappa shape index (κ3) is 8.95. The quantitative estimate of drug-likeness (QED) is 0.121. The Balaban J connectivity index is 0.835. The Labute approximate surface area is 477 Å². The van der Waals surface area contributed by atoms with E-state index >= 15 is 0 Å². The summed E-state index contributed by atoms with van der Waals surface area (Å²) < 4.78 is 2.43. The Morgan fingerprint density at radius 1 is 0.183 bits per heavy atom. The molecule has 15 rings (SSSR count). The average molecular weight is 1050 g/mol. The van der Waals surface area contributed by atoms with Gasteiger partial charge in [0.25, 0.3) is 0 Å². The lowest BCUT2D eigenvalue weighted by Crippen LogP contribution is -2.10. The summed E-state index contributed by atoms with van der Waals surface area (Å²) in [4.78, 5) is 7.03. The molecule has 0 saturated carbocycles. The van der Waals surface area contributed by atoms with E-state index in [0.29, 0.717) is 0 Å². The molecule has 386 valence electrons. The fraction of sp³-hybridized carbons (Fsp3) is 0. The van der Waals surface area contributed by atoms with Crippen molar-refractivity contribution in [3.8, 4) is 27.9 Å². The standard InChI is InChI=1S/C78H54N4/c1-4-22-65(23-5-1)79(72-41-32-55-16-10-13-19-60(55)50-72)68-37-28-58(29-38-68)63-35-48-77-75(53-63)76-54-64(59-30-39-69(40-31-59)80(66-24-6-2-7-25-66)73-42-33-56-17-11-14-20-61(56)51-73)36-49-78(76)82(77)71-46-44-70(45-47-71)81(67-26-8-3-9-27-67)74-43-34-57-18-12-15-21-62(57)52-74/h1-54H. The molecule has 0 spiro atoms. The van der Waals surface area contributed by atoms with E-state index in [4.69, 9.17) is 0 Å². The molecule has 0 bridgehead atoms. The molecule has 0 radical (unpaired) electrons. The van der Waals surface area contributed by atoms with Gasteiger partial charge in [-0.25, -0.2) is 0 Å². The molecule has 14 aromatic carbocycles. The van der Waals surface area contributed by atoms with Crippen molar-refractivity contribution in [3.05, 3.63) is 328 Å². The van der Waals surface area contributed by atoms with Gasteiger partial charge < -0.3 is 19.3 Å². The second-order valence-electron chi connectivity index (χ2n) is 21.0. The maximum absolute atomic E-state index is 2.43. The number of para-hydroxylation sites is 3. The minimum atomic E-state index is 1.08. The van der Waals surface area contributed by atoms with Crippen LogP contribution in [0.3, 0.4) is 0 Å². The Morgan fingerprint density at radius 2 is 0.451 bits per heavy atom. The highest BCUT2D eigenvalue weighted by atomic mass is 15.2. The topological polar surface area (TPSA) is 14.7 Å². The maximum Gasteiger partial charge on any atom is 0.0541 e. The first-order valence-corrected chi connectivity index (χ1v) is 28.1. The van der Waals surface area contributed by atoms with E-state index in [1.807, 2.05) is 0 Å². The van der Waals surface area contributed by atoms with Crippen LogP contribution in [-0.2, 0) is 0 Å². The van der Waals surface area contributed by atoms with Crippen LogP contribution in [0.2, 0.25) is 0 Å². The first kappa shape index (κ1) is 48.2. The number of rotatable bonds is 12. The van der Waals surface area contributed by atoms with Crippen molar-refractivity contribution >= 4 is 105 Å². The van der Waals surface area contributed by atoms with E-state index in [1.54, 1.807) is 0 Å². The van der Waals surface area contributed by atoms with Gasteiger partial charge in [-0.1, -0.05) is 182 Å². The lowest BCUT2D eigenvalue weighted by atomic mass is 9.99. The van der Waals surface area contributed by atoms with Crippen molar-refractivity contribution in [2.45, 2.75) is 0 Å². The normalized spacial score (nSPS) is 11.4. The van der Waals surface area contributed by atoms with Crippen LogP contribution < -0.4 is 14.7 Å². The third-order valence-corrected chi connectivity index (χ3v) is 16.1. The summed E-state index contributed by atoms with van der Waals surface area (Å²) in [5.41, 5.74) is 17.9. The van der Waals surface area contributed by atoms with Crippen molar-refractivity contribution in [2.75, 3.05) is 14.7 Å². The lowest BCUT2D eigenvalue weighted by Gasteiger charge is -2.26. The van der Waals surface area contributed by atoms with Crippen molar-refractivity contribution in [1.29, 1.82) is 0 Å². The highest BCUT2D eigenvalue weighted by Gasteiger charge is 2.20. The molecule has 1 heterocycles. The zero-order chi connectivity index (χ0) is 54.3. The molecule has 0 aliphatic carbocycles. The summed E-state index contributed by atoms with van der Waals surface area (Å²) in [6.07, 6.45) is 0. The van der Waals surface area contributed by atoms with E-state index < -0.39 is 0 Å². The van der Waals surface area contributed by atoms with Crippen LogP contribution >= 0.6 is 0 Å². The fourth-order valence-corrected chi connectivity index (χ4v) is 12.0. The van der Waals surface area contributed by atoms with Crippen LogP contribution in [0.4, 0.5) is 51.2 Å².